The second-order valence-corrected chi connectivity index (χ2v) is 11.2. The lowest BCUT2D eigenvalue weighted by Gasteiger charge is -2.26. The topological polar surface area (TPSA) is 104 Å². The first kappa shape index (κ1) is 31.5. The summed E-state index contributed by atoms with van der Waals surface area (Å²) in [5.41, 5.74) is 3.65. The van der Waals surface area contributed by atoms with Crippen molar-refractivity contribution < 1.29 is 29.3 Å². The molecule has 1 unspecified atom stereocenters. The number of carboxylic acids is 2. The number of para-hydroxylation sites is 1. The lowest BCUT2D eigenvalue weighted by molar-refractivity contribution is -0.133. The SMILES string of the molecule is O=C(O)c1ccc(CCC(/C=C/c2ccccc2OCCCCCN2CCCCC2=O)Cc2ccc(C(=O)O)cc2)cc1. The standard InChI is InChI=1S/C36H41NO6/c38-34-10-4-6-24-37(34)23-5-1-7-25-43-33-9-3-2-8-30(33)18-15-28(26-29-16-21-32(22-17-29)36(41)42)12-11-27-13-19-31(20-14-27)35(39)40/h2-3,8-9,13-22,28H,1,4-7,10-12,23-26H2,(H,39,40)(H,41,42)/b18-15+. The van der Waals surface area contributed by atoms with Crippen molar-refractivity contribution >= 4 is 23.9 Å². The molecule has 1 atom stereocenters. The molecule has 7 nitrogen and oxygen atoms in total. The molecule has 1 aliphatic rings. The van der Waals surface area contributed by atoms with E-state index in [1.165, 1.54) is 0 Å². The number of aryl methyl sites for hydroxylation is 1. The molecule has 2 N–H and O–H groups in total. The summed E-state index contributed by atoms with van der Waals surface area (Å²) in [6.45, 7) is 2.34. The molecule has 226 valence electrons. The summed E-state index contributed by atoms with van der Waals surface area (Å²) in [7, 11) is 0. The van der Waals surface area contributed by atoms with Crippen molar-refractivity contribution in [2.45, 2.75) is 57.8 Å². The van der Waals surface area contributed by atoms with E-state index in [0.29, 0.717) is 13.0 Å². The average molecular weight is 584 g/mol. The first-order valence-corrected chi connectivity index (χ1v) is 15.2. The molecule has 0 aliphatic carbocycles. The molecule has 1 heterocycles. The maximum Gasteiger partial charge on any atom is 0.335 e. The summed E-state index contributed by atoms with van der Waals surface area (Å²) in [5.74, 6) is -0.595. The van der Waals surface area contributed by atoms with E-state index in [1.807, 2.05) is 53.4 Å². The van der Waals surface area contributed by atoms with Crippen molar-refractivity contribution in [1.29, 1.82) is 0 Å². The number of allylic oxidation sites excluding steroid dienone is 1. The van der Waals surface area contributed by atoms with Gasteiger partial charge in [-0.25, -0.2) is 9.59 Å². The minimum atomic E-state index is -0.943. The van der Waals surface area contributed by atoms with E-state index in [0.717, 1.165) is 86.9 Å². The molecule has 0 aromatic heterocycles. The van der Waals surface area contributed by atoms with Crippen molar-refractivity contribution in [3.8, 4) is 5.75 Å². The van der Waals surface area contributed by atoms with Crippen LogP contribution in [-0.2, 0) is 17.6 Å². The van der Waals surface area contributed by atoms with Crippen LogP contribution in [0.25, 0.3) is 6.08 Å². The Kier molecular flexibility index (Phi) is 12.0. The normalized spacial score (nSPS) is 14.1. The van der Waals surface area contributed by atoms with Gasteiger partial charge in [-0.3, -0.25) is 4.79 Å². The number of carbonyl (C=O) groups excluding carboxylic acids is 1. The van der Waals surface area contributed by atoms with Crippen molar-refractivity contribution in [3.05, 3.63) is 107 Å². The highest BCUT2D eigenvalue weighted by Gasteiger charge is 2.17. The second kappa shape index (κ2) is 16.3. The van der Waals surface area contributed by atoms with Gasteiger partial charge in [-0.2, -0.15) is 0 Å². The number of carbonyl (C=O) groups is 3. The highest BCUT2D eigenvalue weighted by atomic mass is 16.5. The van der Waals surface area contributed by atoms with Crippen LogP contribution in [0, 0.1) is 5.92 Å². The number of piperidine rings is 1. The van der Waals surface area contributed by atoms with Crippen LogP contribution in [0.15, 0.2) is 78.9 Å². The maximum atomic E-state index is 12.0. The number of ether oxygens (including phenoxy) is 1. The number of hydrogen-bond donors (Lipinski definition) is 2. The number of hydrogen-bond acceptors (Lipinski definition) is 4. The Bertz CT molecular complexity index is 1380. The molecule has 7 heteroatoms. The van der Waals surface area contributed by atoms with Gasteiger partial charge in [0.2, 0.25) is 5.91 Å². The Morgan fingerprint density at radius 1 is 0.837 bits per heavy atom. The fraction of sp³-hybridized carbons (Fsp3) is 0.361. The van der Waals surface area contributed by atoms with Crippen molar-refractivity contribution in [3.63, 3.8) is 0 Å². The Balaban J connectivity index is 1.36. The first-order chi connectivity index (χ1) is 20.9. The number of nitrogens with zero attached hydrogens (tertiary/aromatic N) is 1. The minimum absolute atomic E-state index is 0.167. The highest BCUT2D eigenvalue weighted by molar-refractivity contribution is 5.88. The molecule has 0 bridgehead atoms. The molecule has 43 heavy (non-hydrogen) atoms. The van der Waals surface area contributed by atoms with Crippen molar-refractivity contribution in [2.75, 3.05) is 19.7 Å². The van der Waals surface area contributed by atoms with Gasteiger partial charge >= 0.3 is 11.9 Å². The lowest BCUT2D eigenvalue weighted by Crippen LogP contribution is -2.35. The van der Waals surface area contributed by atoms with Gasteiger partial charge in [-0.15, -0.1) is 0 Å². The molecular formula is C36H41NO6. The van der Waals surface area contributed by atoms with E-state index in [4.69, 9.17) is 4.74 Å². The fourth-order valence-electron chi connectivity index (χ4n) is 5.37. The summed E-state index contributed by atoms with van der Waals surface area (Å²) in [4.78, 5) is 36.5. The molecule has 1 amide bonds. The van der Waals surface area contributed by atoms with Gasteiger partial charge in [0.1, 0.15) is 5.75 Å². The van der Waals surface area contributed by atoms with Gasteiger partial charge in [0.25, 0.3) is 0 Å². The van der Waals surface area contributed by atoms with Crippen LogP contribution in [0.2, 0.25) is 0 Å². The van der Waals surface area contributed by atoms with Crippen LogP contribution in [0.3, 0.4) is 0 Å². The van der Waals surface area contributed by atoms with E-state index in [-0.39, 0.29) is 23.0 Å². The van der Waals surface area contributed by atoms with E-state index >= 15 is 0 Å². The average Bonchev–Trinajstić information content (AvgIpc) is 3.02. The minimum Gasteiger partial charge on any atom is -0.493 e. The summed E-state index contributed by atoms with van der Waals surface area (Å²) in [6.07, 6.45) is 12.4. The number of rotatable bonds is 16. The lowest BCUT2D eigenvalue weighted by atomic mass is 9.91. The molecule has 0 spiro atoms. The summed E-state index contributed by atoms with van der Waals surface area (Å²) in [5, 5.41) is 18.4. The van der Waals surface area contributed by atoms with E-state index in [1.54, 1.807) is 24.3 Å². The molecule has 4 rings (SSSR count). The Morgan fingerprint density at radius 2 is 1.51 bits per heavy atom. The van der Waals surface area contributed by atoms with E-state index in [9.17, 15) is 24.6 Å². The Labute approximate surface area is 253 Å². The Morgan fingerprint density at radius 3 is 2.19 bits per heavy atom. The number of amides is 1. The van der Waals surface area contributed by atoms with Crippen LogP contribution in [0.1, 0.15) is 82.4 Å². The predicted molar refractivity (Wildman–Crippen MR) is 168 cm³/mol. The molecule has 0 radical (unpaired) electrons. The molecule has 1 aliphatic heterocycles. The van der Waals surface area contributed by atoms with E-state index < -0.39 is 11.9 Å². The Hall–Kier alpha value is -4.39. The van der Waals surface area contributed by atoms with Gasteiger partial charge in [0.15, 0.2) is 0 Å². The number of carboxylic acid groups (broad SMARTS) is 2. The zero-order valence-corrected chi connectivity index (χ0v) is 24.6. The van der Waals surface area contributed by atoms with Crippen LogP contribution >= 0.6 is 0 Å². The molecule has 0 saturated carbocycles. The zero-order valence-electron chi connectivity index (χ0n) is 24.6. The highest BCUT2D eigenvalue weighted by Crippen LogP contribution is 2.24. The van der Waals surface area contributed by atoms with Crippen LogP contribution in [-0.4, -0.2) is 52.7 Å². The van der Waals surface area contributed by atoms with Gasteiger partial charge in [0, 0.05) is 25.1 Å². The number of aromatic carboxylic acids is 2. The molecule has 3 aromatic carbocycles. The largest absolute Gasteiger partial charge is 0.493 e. The van der Waals surface area contributed by atoms with Crippen LogP contribution in [0.5, 0.6) is 5.75 Å². The van der Waals surface area contributed by atoms with Crippen LogP contribution in [0.4, 0.5) is 0 Å². The third kappa shape index (κ3) is 10.1. The van der Waals surface area contributed by atoms with Crippen LogP contribution < -0.4 is 4.74 Å². The maximum absolute atomic E-state index is 12.0. The number of benzene rings is 3. The fourth-order valence-corrected chi connectivity index (χ4v) is 5.37. The van der Waals surface area contributed by atoms with Crippen molar-refractivity contribution in [2.24, 2.45) is 5.92 Å². The van der Waals surface area contributed by atoms with Gasteiger partial charge in [-0.05, 0) is 98.7 Å². The summed E-state index contributed by atoms with van der Waals surface area (Å²) < 4.78 is 6.16. The molecule has 1 saturated heterocycles. The third-order valence-electron chi connectivity index (χ3n) is 7.92. The molecular weight excluding hydrogens is 542 g/mol. The number of unbranched alkanes of at least 4 members (excludes halogenated alkanes) is 2. The monoisotopic (exact) mass is 583 g/mol. The van der Waals surface area contributed by atoms with Crippen molar-refractivity contribution in [1.82, 2.24) is 4.90 Å². The summed E-state index contributed by atoms with van der Waals surface area (Å²) >= 11 is 0. The smallest absolute Gasteiger partial charge is 0.335 e. The first-order valence-electron chi connectivity index (χ1n) is 15.2. The van der Waals surface area contributed by atoms with Gasteiger partial charge in [0.05, 0.1) is 17.7 Å². The predicted octanol–water partition coefficient (Wildman–Crippen LogP) is 7.15. The molecule has 3 aromatic rings. The summed E-state index contributed by atoms with van der Waals surface area (Å²) in [6, 6.07) is 22.0. The second-order valence-electron chi connectivity index (χ2n) is 11.2. The third-order valence-corrected chi connectivity index (χ3v) is 7.92. The van der Waals surface area contributed by atoms with Gasteiger partial charge < -0.3 is 19.8 Å². The quantitative estimate of drug-likeness (QED) is 0.174. The number of likely N-dealkylation sites (tertiary alicyclic amines) is 1. The molecule has 1 fully saturated rings. The van der Waals surface area contributed by atoms with Gasteiger partial charge in [-0.1, -0.05) is 54.6 Å². The van der Waals surface area contributed by atoms with E-state index in [2.05, 4.69) is 12.2 Å². The zero-order chi connectivity index (χ0) is 30.4.